The number of hydrogen-bond acceptors (Lipinski definition) is 4. The second kappa shape index (κ2) is 8.53. The number of ketones is 1. The predicted molar refractivity (Wildman–Crippen MR) is 120 cm³/mol. The molecule has 0 aliphatic rings. The minimum absolute atomic E-state index is 0.274. The molecule has 0 saturated heterocycles. The Hall–Kier alpha value is -3.77. The van der Waals surface area contributed by atoms with Crippen LogP contribution in [0.25, 0.3) is 16.6 Å². The summed E-state index contributed by atoms with van der Waals surface area (Å²) in [6, 6.07) is 19.5. The smallest absolute Gasteiger partial charge is 0.298 e. The number of nitrogens with zero attached hydrogens (tertiary/aromatic N) is 1. The van der Waals surface area contributed by atoms with Gasteiger partial charge in [0.1, 0.15) is 5.69 Å². The fraction of sp³-hybridized carbons (Fsp3) is 0.0833. The van der Waals surface area contributed by atoms with Crippen LogP contribution in [0.15, 0.2) is 72.9 Å². The molecule has 4 aromatic rings. The summed E-state index contributed by atoms with van der Waals surface area (Å²) in [6.45, 7) is 0. The average Bonchev–Trinajstić information content (AvgIpc) is 3.18. The quantitative estimate of drug-likeness (QED) is 0.338. The highest BCUT2D eigenvalue weighted by Crippen LogP contribution is 2.31. The summed E-state index contributed by atoms with van der Waals surface area (Å²) in [4.78, 5) is 26.1. The molecule has 2 heterocycles. The standard InChI is InChI=1S/C24H19ClN2O4/c1-30-20-11-10-17(13-21(20)31-2)26-24(29)23(28)22-19(15-6-8-16(25)9-7-15)14-18-5-3-4-12-27(18)22/h3-14H,1-2H3,(H,26,29). The molecule has 0 spiro atoms. The number of carbonyl (C=O) groups is 2. The zero-order valence-corrected chi connectivity index (χ0v) is 17.6. The SMILES string of the molecule is COc1ccc(NC(=O)C(=O)c2c(-c3ccc(Cl)cc3)cc3ccccn23)cc1OC. The average molecular weight is 435 g/mol. The number of halogens is 1. The van der Waals surface area contributed by atoms with Crippen LogP contribution in [0.5, 0.6) is 11.5 Å². The van der Waals surface area contributed by atoms with Gasteiger partial charge in [0.05, 0.1) is 14.2 Å². The first-order valence-electron chi connectivity index (χ1n) is 9.45. The Morgan fingerprint density at radius 1 is 0.903 bits per heavy atom. The lowest BCUT2D eigenvalue weighted by atomic mass is 10.0. The number of Topliss-reactive ketones (excluding diaryl/α,β-unsaturated/α-hetero) is 1. The molecule has 1 N–H and O–H groups in total. The van der Waals surface area contributed by atoms with Crippen LogP contribution in [0.3, 0.4) is 0 Å². The Balaban J connectivity index is 1.72. The minimum atomic E-state index is -0.758. The summed E-state index contributed by atoms with van der Waals surface area (Å²) in [5.41, 5.74) is 2.93. The Morgan fingerprint density at radius 2 is 1.65 bits per heavy atom. The Kier molecular flexibility index (Phi) is 5.64. The number of hydrogen-bond donors (Lipinski definition) is 1. The van der Waals surface area contributed by atoms with E-state index in [0.717, 1.165) is 11.1 Å². The number of benzene rings is 2. The fourth-order valence-electron chi connectivity index (χ4n) is 3.41. The molecule has 0 saturated carbocycles. The number of amides is 1. The van der Waals surface area contributed by atoms with Crippen molar-refractivity contribution < 1.29 is 19.1 Å². The largest absolute Gasteiger partial charge is 0.493 e. The van der Waals surface area contributed by atoms with E-state index in [1.807, 2.05) is 36.4 Å². The van der Waals surface area contributed by atoms with Gasteiger partial charge in [-0.2, -0.15) is 0 Å². The van der Waals surface area contributed by atoms with Crippen molar-refractivity contribution in [2.45, 2.75) is 0 Å². The summed E-state index contributed by atoms with van der Waals surface area (Å²) < 4.78 is 12.2. The van der Waals surface area contributed by atoms with Gasteiger partial charge in [0.25, 0.3) is 11.7 Å². The highest BCUT2D eigenvalue weighted by Gasteiger charge is 2.25. The highest BCUT2D eigenvalue weighted by molar-refractivity contribution is 6.47. The summed E-state index contributed by atoms with van der Waals surface area (Å²) in [5, 5.41) is 3.24. The number of fused-ring (bicyclic) bond motifs is 1. The number of aromatic nitrogens is 1. The van der Waals surface area contributed by atoms with Gasteiger partial charge in [-0.1, -0.05) is 29.8 Å². The van der Waals surface area contributed by atoms with Crippen LogP contribution < -0.4 is 14.8 Å². The van der Waals surface area contributed by atoms with E-state index in [-0.39, 0.29) is 5.69 Å². The first kappa shape index (κ1) is 20.5. The van der Waals surface area contributed by atoms with Crippen molar-refractivity contribution in [3.63, 3.8) is 0 Å². The highest BCUT2D eigenvalue weighted by atomic mass is 35.5. The van der Waals surface area contributed by atoms with Crippen LogP contribution in [0.4, 0.5) is 5.69 Å². The minimum Gasteiger partial charge on any atom is -0.493 e. The van der Waals surface area contributed by atoms with Crippen molar-refractivity contribution in [2.24, 2.45) is 0 Å². The van der Waals surface area contributed by atoms with Crippen LogP contribution in [0, 0.1) is 0 Å². The number of anilines is 1. The van der Waals surface area contributed by atoms with E-state index in [9.17, 15) is 9.59 Å². The normalized spacial score (nSPS) is 10.7. The predicted octanol–water partition coefficient (Wildman–Crippen LogP) is 5.10. The molecule has 0 bridgehead atoms. The molecule has 0 aliphatic carbocycles. The maximum atomic E-state index is 13.2. The first-order chi connectivity index (χ1) is 15.0. The van der Waals surface area contributed by atoms with Gasteiger partial charge in [-0.3, -0.25) is 9.59 Å². The van der Waals surface area contributed by atoms with Crippen molar-refractivity contribution in [3.8, 4) is 22.6 Å². The summed E-state index contributed by atoms with van der Waals surface area (Å²) in [7, 11) is 3.02. The topological polar surface area (TPSA) is 69.0 Å². The second-order valence-electron chi connectivity index (χ2n) is 6.76. The molecular weight excluding hydrogens is 416 g/mol. The molecule has 0 aliphatic heterocycles. The molecule has 31 heavy (non-hydrogen) atoms. The third kappa shape index (κ3) is 3.98. The van der Waals surface area contributed by atoms with Gasteiger partial charge in [-0.05, 0) is 48.0 Å². The molecule has 0 atom stereocenters. The number of methoxy groups -OCH3 is 2. The van der Waals surface area contributed by atoms with Gasteiger partial charge in [-0.15, -0.1) is 0 Å². The van der Waals surface area contributed by atoms with Crippen molar-refractivity contribution in [1.29, 1.82) is 0 Å². The van der Waals surface area contributed by atoms with Gasteiger partial charge in [0.15, 0.2) is 11.5 Å². The zero-order chi connectivity index (χ0) is 22.0. The molecule has 6 nitrogen and oxygen atoms in total. The van der Waals surface area contributed by atoms with Gasteiger partial charge < -0.3 is 19.2 Å². The molecule has 2 aromatic carbocycles. The Labute approximate surface area is 184 Å². The van der Waals surface area contributed by atoms with Gasteiger partial charge in [0.2, 0.25) is 0 Å². The fourth-order valence-corrected chi connectivity index (χ4v) is 3.54. The van der Waals surface area contributed by atoms with Gasteiger partial charge in [-0.25, -0.2) is 0 Å². The molecule has 7 heteroatoms. The van der Waals surface area contributed by atoms with Gasteiger partial charge in [0, 0.05) is 34.1 Å². The molecule has 156 valence electrons. The maximum Gasteiger partial charge on any atom is 0.298 e. The van der Waals surface area contributed by atoms with Crippen LogP contribution in [0.1, 0.15) is 10.5 Å². The lowest BCUT2D eigenvalue weighted by molar-refractivity contribution is -0.112. The van der Waals surface area contributed by atoms with Gasteiger partial charge >= 0.3 is 0 Å². The third-order valence-electron chi connectivity index (χ3n) is 4.90. The number of nitrogens with one attached hydrogen (secondary N) is 1. The van der Waals surface area contributed by atoms with E-state index in [4.69, 9.17) is 21.1 Å². The summed E-state index contributed by atoms with van der Waals surface area (Å²) in [5.74, 6) is -0.450. The number of pyridine rings is 1. The lowest BCUT2D eigenvalue weighted by Gasteiger charge is -2.11. The molecule has 0 radical (unpaired) electrons. The summed E-state index contributed by atoms with van der Waals surface area (Å²) in [6.07, 6.45) is 1.76. The van der Waals surface area contributed by atoms with Crippen molar-refractivity contribution >= 4 is 34.5 Å². The van der Waals surface area contributed by atoms with Crippen LogP contribution >= 0.6 is 11.6 Å². The molecule has 0 unspecified atom stereocenters. The van der Waals surface area contributed by atoms with E-state index < -0.39 is 11.7 Å². The number of ether oxygens (including phenoxy) is 2. The van der Waals surface area contributed by atoms with Crippen LogP contribution in [-0.2, 0) is 4.79 Å². The number of carbonyl (C=O) groups excluding carboxylic acids is 2. The van der Waals surface area contributed by atoms with E-state index >= 15 is 0 Å². The van der Waals surface area contributed by atoms with E-state index in [2.05, 4.69) is 5.32 Å². The Bertz CT molecular complexity index is 1280. The third-order valence-corrected chi connectivity index (χ3v) is 5.15. The molecule has 1 amide bonds. The first-order valence-corrected chi connectivity index (χ1v) is 9.83. The molecule has 0 fully saturated rings. The number of rotatable bonds is 6. The van der Waals surface area contributed by atoms with Crippen molar-refractivity contribution in [1.82, 2.24) is 4.40 Å². The van der Waals surface area contributed by atoms with Crippen molar-refractivity contribution in [2.75, 3.05) is 19.5 Å². The Morgan fingerprint density at radius 3 is 2.35 bits per heavy atom. The molecule has 4 rings (SSSR count). The molecular formula is C24H19ClN2O4. The van der Waals surface area contributed by atoms with E-state index in [1.165, 1.54) is 14.2 Å². The van der Waals surface area contributed by atoms with Crippen LogP contribution in [0.2, 0.25) is 5.02 Å². The zero-order valence-electron chi connectivity index (χ0n) is 16.9. The molecule has 2 aromatic heterocycles. The maximum absolute atomic E-state index is 13.2. The van der Waals surface area contributed by atoms with Crippen molar-refractivity contribution in [3.05, 3.63) is 83.6 Å². The van der Waals surface area contributed by atoms with E-state index in [0.29, 0.717) is 27.8 Å². The van der Waals surface area contributed by atoms with E-state index in [1.54, 1.807) is 40.9 Å². The monoisotopic (exact) mass is 434 g/mol. The summed E-state index contributed by atoms with van der Waals surface area (Å²) >= 11 is 6.01. The second-order valence-corrected chi connectivity index (χ2v) is 7.20. The lowest BCUT2D eigenvalue weighted by Crippen LogP contribution is -2.24. The van der Waals surface area contributed by atoms with Crippen LogP contribution in [-0.4, -0.2) is 30.3 Å².